The molecule has 0 aliphatic heterocycles. The zero-order chi connectivity index (χ0) is 28.4. The molecule has 0 N–H and O–H groups in total. The molecule has 0 aliphatic carbocycles. The van der Waals surface area contributed by atoms with Gasteiger partial charge in [0.25, 0.3) is 27.4 Å². The van der Waals surface area contributed by atoms with Crippen LogP contribution in [0.3, 0.4) is 0 Å². The fourth-order valence-corrected chi connectivity index (χ4v) is 5.72. The Morgan fingerprint density at radius 1 is 0.789 bits per heavy atom. The molecule has 3 aromatic rings. The van der Waals surface area contributed by atoms with Crippen molar-refractivity contribution in [2.75, 3.05) is 32.4 Å². The van der Waals surface area contributed by atoms with Crippen molar-refractivity contribution in [1.29, 1.82) is 0 Å². The summed E-state index contributed by atoms with van der Waals surface area (Å²) in [5.41, 5.74) is -1.23. The van der Waals surface area contributed by atoms with Gasteiger partial charge in [0.15, 0.2) is 9.84 Å². The lowest BCUT2D eigenvalue weighted by atomic mass is 10.1. The summed E-state index contributed by atoms with van der Waals surface area (Å²) < 4.78 is 51.3. The molecule has 0 aliphatic rings. The number of carbonyl (C=O) groups is 2. The van der Waals surface area contributed by atoms with E-state index in [9.17, 15) is 31.2 Å². The van der Waals surface area contributed by atoms with E-state index >= 15 is 0 Å². The number of fused-ring (bicyclic) bond motifs is 1. The Bertz CT molecular complexity index is 1630. The topological polar surface area (TPSA) is 157 Å². The molecule has 38 heavy (non-hydrogen) atoms. The van der Waals surface area contributed by atoms with Gasteiger partial charge in [-0.2, -0.15) is 8.42 Å². The minimum absolute atomic E-state index is 0.00304. The molecule has 0 saturated heterocycles. The zero-order valence-electron chi connectivity index (χ0n) is 21.7. The Kier molecular flexibility index (Phi) is 8.36. The van der Waals surface area contributed by atoms with Crippen LogP contribution in [0.15, 0.2) is 51.0 Å². The predicted octanol–water partition coefficient (Wildman–Crippen LogP) is 1.40. The molecule has 0 unspecified atom stereocenters. The molecule has 0 spiro atoms. The van der Waals surface area contributed by atoms with Gasteiger partial charge in [-0.25, -0.2) is 8.42 Å². The van der Waals surface area contributed by atoms with E-state index in [1.807, 2.05) is 0 Å². The molecule has 2 aromatic carbocycles. The fourth-order valence-electron chi connectivity index (χ4n) is 3.88. The lowest BCUT2D eigenvalue weighted by molar-refractivity contribution is 0.0771. The van der Waals surface area contributed by atoms with E-state index in [4.69, 9.17) is 0 Å². The van der Waals surface area contributed by atoms with Crippen molar-refractivity contribution in [2.24, 2.45) is 0 Å². The highest BCUT2D eigenvalue weighted by molar-refractivity contribution is 7.90. The van der Waals surface area contributed by atoms with Gasteiger partial charge in [0.1, 0.15) is 5.52 Å². The number of nitrogens with zero attached hydrogens (tertiary/aromatic N) is 5. The molecule has 0 atom stereocenters. The van der Waals surface area contributed by atoms with Crippen LogP contribution in [-0.2, 0) is 19.9 Å². The second-order valence-corrected chi connectivity index (χ2v) is 12.2. The monoisotopic (exact) mass is 563 g/mol. The summed E-state index contributed by atoms with van der Waals surface area (Å²) in [5.74, 6) is -0.981. The maximum atomic E-state index is 13.6. The first-order valence-electron chi connectivity index (χ1n) is 11.9. The maximum Gasteiger partial charge on any atom is 0.292 e. The lowest BCUT2D eigenvalue weighted by Crippen LogP contribution is -2.34. The van der Waals surface area contributed by atoms with Crippen LogP contribution in [0.2, 0.25) is 0 Å². The first-order valence-corrected chi connectivity index (χ1v) is 15.2. The van der Waals surface area contributed by atoms with E-state index in [0.717, 1.165) is 24.5 Å². The van der Waals surface area contributed by atoms with Crippen LogP contribution >= 0.6 is 0 Å². The third-order valence-corrected chi connectivity index (χ3v) is 8.70. The number of rotatable bonds is 9. The minimum Gasteiger partial charge on any atom is -0.339 e. The van der Waals surface area contributed by atoms with Crippen molar-refractivity contribution in [3.8, 4) is 0 Å². The van der Waals surface area contributed by atoms with E-state index in [2.05, 4.69) is 10.3 Å². The van der Waals surface area contributed by atoms with E-state index in [1.54, 1.807) is 27.7 Å². The summed E-state index contributed by atoms with van der Waals surface area (Å²) in [7, 11) is -8.46. The molecule has 0 bridgehead atoms. The average molecular weight is 564 g/mol. The first kappa shape index (κ1) is 28.9. The highest BCUT2D eigenvalue weighted by Crippen LogP contribution is 2.21. The number of hydrogen-bond donors (Lipinski definition) is 0. The Morgan fingerprint density at radius 3 is 1.74 bits per heavy atom. The molecular weight excluding hydrogens is 534 g/mol. The molecule has 204 valence electrons. The van der Waals surface area contributed by atoms with Crippen molar-refractivity contribution in [3.63, 3.8) is 0 Å². The van der Waals surface area contributed by atoms with Crippen LogP contribution in [0.1, 0.15) is 48.4 Å². The van der Waals surface area contributed by atoms with Crippen molar-refractivity contribution >= 4 is 42.6 Å². The van der Waals surface area contributed by atoms with Crippen LogP contribution < -0.4 is 5.56 Å². The van der Waals surface area contributed by atoms with Crippen LogP contribution in [0.4, 0.5) is 0 Å². The minimum atomic E-state index is -4.76. The van der Waals surface area contributed by atoms with Crippen LogP contribution in [-0.4, -0.2) is 85.3 Å². The Labute approximate surface area is 220 Å². The molecule has 3 rings (SSSR count). The van der Waals surface area contributed by atoms with Crippen molar-refractivity contribution in [2.45, 2.75) is 37.5 Å². The van der Waals surface area contributed by atoms with Crippen molar-refractivity contribution < 1.29 is 26.4 Å². The fraction of sp³-hybridized carbons (Fsp3) is 0.375. The van der Waals surface area contributed by atoms with Gasteiger partial charge in [0, 0.05) is 43.6 Å². The highest BCUT2D eigenvalue weighted by atomic mass is 32.2. The SMILES string of the molecule is CCN(CC)C(=O)c1cc(C(=O)N(CC)CC)cc(S(=O)(=O)n2nnc3ccc(S(C)(=O)=O)cc3c2=O)c1. The number of sulfone groups is 1. The number of hydrogen-bond acceptors (Lipinski definition) is 9. The van der Waals surface area contributed by atoms with Gasteiger partial charge < -0.3 is 9.80 Å². The molecule has 14 heteroatoms. The second-order valence-electron chi connectivity index (χ2n) is 8.39. The summed E-state index contributed by atoms with van der Waals surface area (Å²) >= 11 is 0. The smallest absolute Gasteiger partial charge is 0.292 e. The number of benzene rings is 2. The van der Waals surface area contributed by atoms with Gasteiger partial charge in [-0.3, -0.25) is 14.4 Å². The van der Waals surface area contributed by atoms with Crippen molar-refractivity contribution in [3.05, 3.63) is 57.9 Å². The van der Waals surface area contributed by atoms with E-state index < -0.39 is 42.1 Å². The summed E-state index contributed by atoms with van der Waals surface area (Å²) in [6.45, 7) is 8.46. The predicted molar refractivity (Wildman–Crippen MR) is 140 cm³/mol. The highest BCUT2D eigenvalue weighted by Gasteiger charge is 2.27. The quantitative estimate of drug-likeness (QED) is 0.375. The van der Waals surface area contributed by atoms with Gasteiger partial charge in [-0.05, 0) is 69.3 Å². The molecule has 0 fully saturated rings. The van der Waals surface area contributed by atoms with Gasteiger partial charge >= 0.3 is 0 Å². The Hall–Kier alpha value is -3.65. The molecule has 1 heterocycles. The molecule has 1 aromatic heterocycles. The maximum absolute atomic E-state index is 13.6. The molecule has 0 saturated carbocycles. The summed E-state index contributed by atoms with van der Waals surface area (Å²) in [6.07, 6.45) is 0.949. The molecule has 0 radical (unpaired) electrons. The van der Waals surface area contributed by atoms with E-state index in [0.29, 0.717) is 26.2 Å². The average Bonchev–Trinajstić information content (AvgIpc) is 2.89. The number of aromatic nitrogens is 3. The second kappa shape index (κ2) is 11.0. The zero-order valence-corrected chi connectivity index (χ0v) is 23.3. The number of carbonyl (C=O) groups excluding carboxylic acids is 2. The van der Waals surface area contributed by atoms with E-state index in [1.165, 1.54) is 28.0 Å². The van der Waals surface area contributed by atoms with Crippen LogP contribution in [0, 0.1) is 0 Å². The third kappa shape index (κ3) is 5.45. The van der Waals surface area contributed by atoms with Gasteiger partial charge in [0.05, 0.1) is 15.2 Å². The summed E-state index contributed by atoms with van der Waals surface area (Å²) in [5, 5.41) is 7.05. The van der Waals surface area contributed by atoms with Crippen molar-refractivity contribution in [1.82, 2.24) is 24.2 Å². The van der Waals surface area contributed by atoms with Crippen LogP contribution in [0.25, 0.3) is 10.9 Å². The third-order valence-electron chi connectivity index (χ3n) is 6.06. The number of amides is 2. The molecular formula is C24H29N5O7S2. The lowest BCUT2D eigenvalue weighted by Gasteiger charge is -2.22. The molecule has 12 nitrogen and oxygen atoms in total. The van der Waals surface area contributed by atoms with Gasteiger partial charge in [-0.15, -0.1) is 5.10 Å². The van der Waals surface area contributed by atoms with Gasteiger partial charge in [0.2, 0.25) is 0 Å². The standard InChI is InChI=1S/C24H29N5O7S2/c1-6-27(7-2)22(30)16-12-17(23(31)28(8-3)9-4)14-19(13-16)38(35,36)29-24(32)20-15-18(37(5,33)34)10-11-21(20)25-26-29/h10-15H,6-9H2,1-5H3. The van der Waals surface area contributed by atoms with Gasteiger partial charge in [-0.1, -0.05) is 4.09 Å². The first-order chi connectivity index (χ1) is 17.8. The molecule has 2 amide bonds. The van der Waals surface area contributed by atoms with E-state index in [-0.39, 0.29) is 31.0 Å². The summed E-state index contributed by atoms with van der Waals surface area (Å²) in [6, 6.07) is 7.01. The Morgan fingerprint density at radius 2 is 1.29 bits per heavy atom. The Balaban J connectivity index is 2.29. The summed E-state index contributed by atoms with van der Waals surface area (Å²) in [4.78, 5) is 41.7. The largest absolute Gasteiger partial charge is 0.339 e. The van der Waals surface area contributed by atoms with Crippen LogP contribution in [0.5, 0.6) is 0 Å². The normalized spacial score (nSPS) is 11.9.